The molecular formula is C23H21N3O2. The predicted molar refractivity (Wildman–Crippen MR) is 109 cm³/mol. The SMILES string of the molecule is O=C(NCc1ccc2[nH]c3c(c2c1)CCCC3)C(=O)c1c[nH]c2ccccc12. The van der Waals surface area contributed by atoms with E-state index in [0.717, 1.165) is 34.8 Å². The number of rotatable bonds is 4. The zero-order chi connectivity index (χ0) is 19.1. The fourth-order valence-electron chi connectivity index (χ4n) is 4.21. The Kier molecular flexibility index (Phi) is 4.01. The first kappa shape index (κ1) is 16.8. The number of nitrogens with one attached hydrogen (secondary N) is 3. The summed E-state index contributed by atoms with van der Waals surface area (Å²) in [6.45, 7) is 0.336. The van der Waals surface area contributed by atoms with Gasteiger partial charge in [-0.1, -0.05) is 24.3 Å². The van der Waals surface area contributed by atoms with Gasteiger partial charge in [-0.25, -0.2) is 0 Å². The molecule has 0 atom stereocenters. The molecule has 0 bridgehead atoms. The zero-order valence-electron chi connectivity index (χ0n) is 15.5. The minimum Gasteiger partial charge on any atom is -0.360 e. The van der Waals surface area contributed by atoms with Crippen LogP contribution in [0.3, 0.4) is 0 Å². The Labute approximate surface area is 162 Å². The summed E-state index contributed by atoms with van der Waals surface area (Å²) in [4.78, 5) is 31.5. The van der Waals surface area contributed by atoms with Gasteiger partial charge in [0.15, 0.2) is 0 Å². The molecule has 140 valence electrons. The van der Waals surface area contributed by atoms with E-state index in [0.29, 0.717) is 12.1 Å². The van der Waals surface area contributed by atoms with Crippen molar-refractivity contribution in [3.63, 3.8) is 0 Å². The number of hydrogen-bond donors (Lipinski definition) is 3. The summed E-state index contributed by atoms with van der Waals surface area (Å²) < 4.78 is 0. The Bertz CT molecular complexity index is 1220. The van der Waals surface area contributed by atoms with Crippen LogP contribution in [0.25, 0.3) is 21.8 Å². The Hall–Kier alpha value is -3.34. The monoisotopic (exact) mass is 371 g/mol. The molecule has 5 nitrogen and oxygen atoms in total. The van der Waals surface area contributed by atoms with Crippen LogP contribution < -0.4 is 5.32 Å². The second-order valence-electron chi connectivity index (χ2n) is 7.43. The summed E-state index contributed by atoms with van der Waals surface area (Å²) in [5.41, 5.74) is 6.16. The molecule has 0 fully saturated rings. The van der Waals surface area contributed by atoms with Crippen LogP contribution in [0.1, 0.15) is 40.0 Å². The van der Waals surface area contributed by atoms with E-state index in [1.54, 1.807) is 6.20 Å². The molecule has 28 heavy (non-hydrogen) atoms. The maximum Gasteiger partial charge on any atom is 0.292 e. The minimum atomic E-state index is -0.582. The summed E-state index contributed by atoms with van der Waals surface area (Å²) in [6, 6.07) is 13.7. The fourth-order valence-corrected chi connectivity index (χ4v) is 4.21. The molecule has 0 radical (unpaired) electrons. The van der Waals surface area contributed by atoms with Gasteiger partial charge in [0.2, 0.25) is 0 Å². The summed E-state index contributed by atoms with van der Waals surface area (Å²) in [6.07, 6.45) is 6.27. The van der Waals surface area contributed by atoms with E-state index >= 15 is 0 Å². The number of aromatic amines is 2. The standard InChI is InChI=1S/C23H21N3O2/c27-22(18-13-24-19-7-3-1-6-16(18)19)23(28)25-12-14-9-10-21-17(11-14)15-5-2-4-8-20(15)26-21/h1,3,6-7,9-11,13,24,26H,2,4-5,8,12H2,(H,25,28). The lowest BCUT2D eigenvalue weighted by atomic mass is 9.95. The lowest BCUT2D eigenvalue weighted by molar-refractivity contribution is -0.117. The molecule has 0 aliphatic heterocycles. The second kappa shape index (κ2) is 6.68. The van der Waals surface area contributed by atoms with Crippen molar-refractivity contribution in [2.75, 3.05) is 0 Å². The summed E-state index contributed by atoms with van der Waals surface area (Å²) >= 11 is 0. The number of Topliss-reactive ketones (excluding diaryl/α,β-unsaturated/α-hetero) is 1. The number of carbonyl (C=O) groups is 2. The van der Waals surface area contributed by atoms with E-state index < -0.39 is 11.7 Å². The smallest absolute Gasteiger partial charge is 0.292 e. The first-order chi connectivity index (χ1) is 13.7. The van der Waals surface area contributed by atoms with Gasteiger partial charge in [-0.15, -0.1) is 0 Å². The third kappa shape index (κ3) is 2.80. The molecule has 0 saturated carbocycles. The van der Waals surface area contributed by atoms with Crippen LogP contribution in [0.5, 0.6) is 0 Å². The fraction of sp³-hybridized carbons (Fsp3) is 0.217. The van der Waals surface area contributed by atoms with Crippen molar-refractivity contribution in [3.05, 3.63) is 71.0 Å². The first-order valence-electron chi connectivity index (χ1n) is 9.72. The molecule has 3 N–H and O–H groups in total. The molecule has 0 unspecified atom stereocenters. The molecule has 0 spiro atoms. The lowest BCUT2D eigenvalue weighted by Gasteiger charge is -2.10. The highest BCUT2D eigenvalue weighted by Gasteiger charge is 2.20. The molecular weight excluding hydrogens is 350 g/mol. The zero-order valence-corrected chi connectivity index (χ0v) is 15.5. The highest BCUT2D eigenvalue weighted by atomic mass is 16.2. The third-order valence-electron chi connectivity index (χ3n) is 5.66. The Morgan fingerprint density at radius 3 is 2.75 bits per heavy atom. The van der Waals surface area contributed by atoms with Gasteiger partial charge >= 0.3 is 0 Å². The number of hydrogen-bond acceptors (Lipinski definition) is 2. The molecule has 1 aliphatic carbocycles. The number of aromatic nitrogens is 2. The first-order valence-corrected chi connectivity index (χ1v) is 9.72. The minimum absolute atomic E-state index is 0.336. The van der Waals surface area contributed by atoms with Gasteiger partial charge in [-0.3, -0.25) is 9.59 Å². The van der Waals surface area contributed by atoms with Gasteiger partial charge in [-0.05, 0) is 55.0 Å². The number of fused-ring (bicyclic) bond motifs is 4. The number of benzene rings is 2. The maximum absolute atomic E-state index is 12.6. The molecule has 1 amide bonds. The van der Waals surface area contributed by atoms with Gasteiger partial charge in [0.1, 0.15) is 0 Å². The maximum atomic E-state index is 12.6. The molecule has 4 aromatic rings. The van der Waals surface area contributed by atoms with Crippen LogP contribution >= 0.6 is 0 Å². The number of aryl methyl sites for hydroxylation is 2. The topological polar surface area (TPSA) is 77.8 Å². The lowest BCUT2D eigenvalue weighted by Crippen LogP contribution is -2.30. The largest absolute Gasteiger partial charge is 0.360 e. The molecule has 0 saturated heterocycles. The van der Waals surface area contributed by atoms with Crippen LogP contribution in [0, 0.1) is 0 Å². The molecule has 5 rings (SSSR count). The van der Waals surface area contributed by atoms with Crippen LogP contribution in [-0.4, -0.2) is 21.7 Å². The van der Waals surface area contributed by atoms with Crippen molar-refractivity contribution in [1.82, 2.24) is 15.3 Å². The van der Waals surface area contributed by atoms with E-state index in [2.05, 4.69) is 27.4 Å². The third-order valence-corrected chi connectivity index (χ3v) is 5.66. The van der Waals surface area contributed by atoms with Crippen molar-refractivity contribution < 1.29 is 9.59 Å². The number of amides is 1. The van der Waals surface area contributed by atoms with Gasteiger partial charge in [0.25, 0.3) is 11.7 Å². The molecule has 1 aliphatic rings. The van der Waals surface area contributed by atoms with Crippen molar-refractivity contribution in [1.29, 1.82) is 0 Å². The molecule has 2 aromatic heterocycles. The highest BCUT2D eigenvalue weighted by molar-refractivity contribution is 6.44. The van der Waals surface area contributed by atoms with E-state index in [-0.39, 0.29) is 0 Å². The van der Waals surface area contributed by atoms with E-state index in [1.165, 1.54) is 29.5 Å². The van der Waals surface area contributed by atoms with Crippen molar-refractivity contribution in [2.24, 2.45) is 0 Å². The van der Waals surface area contributed by atoms with Crippen LogP contribution in [0.15, 0.2) is 48.7 Å². The predicted octanol–water partition coefficient (Wildman–Crippen LogP) is 4.03. The van der Waals surface area contributed by atoms with Gasteiger partial charge in [0.05, 0.1) is 5.56 Å². The summed E-state index contributed by atoms with van der Waals surface area (Å²) in [7, 11) is 0. The molecule has 2 heterocycles. The second-order valence-corrected chi connectivity index (χ2v) is 7.43. The van der Waals surface area contributed by atoms with E-state index in [4.69, 9.17) is 0 Å². The van der Waals surface area contributed by atoms with Crippen molar-refractivity contribution >= 4 is 33.5 Å². The summed E-state index contributed by atoms with van der Waals surface area (Å²) in [5, 5.41) is 4.78. The van der Waals surface area contributed by atoms with Crippen LogP contribution in [-0.2, 0) is 24.2 Å². The van der Waals surface area contributed by atoms with Gasteiger partial charge < -0.3 is 15.3 Å². The number of para-hydroxylation sites is 1. The Balaban J connectivity index is 1.34. The van der Waals surface area contributed by atoms with Crippen molar-refractivity contribution in [3.8, 4) is 0 Å². The Morgan fingerprint density at radius 2 is 1.82 bits per heavy atom. The van der Waals surface area contributed by atoms with Gasteiger partial charge in [0, 0.05) is 40.2 Å². The quantitative estimate of drug-likeness (QED) is 0.374. The van der Waals surface area contributed by atoms with Crippen molar-refractivity contribution in [2.45, 2.75) is 32.2 Å². The molecule has 5 heteroatoms. The van der Waals surface area contributed by atoms with Crippen LogP contribution in [0.4, 0.5) is 0 Å². The van der Waals surface area contributed by atoms with Crippen LogP contribution in [0.2, 0.25) is 0 Å². The number of ketones is 1. The average molecular weight is 371 g/mol. The van der Waals surface area contributed by atoms with E-state index in [1.807, 2.05) is 30.3 Å². The Morgan fingerprint density at radius 1 is 0.964 bits per heavy atom. The highest BCUT2D eigenvalue weighted by Crippen LogP contribution is 2.29. The number of H-pyrrole nitrogens is 2. The average Bonchev–Trinajstić information content (AvgIpc) is 3.32. The van der Waals surface area contributed by atoms with Gasteiger partial charge in [-0.2, -0.15) is 0 Å². The molecule has 2 aromatic carbocycles. The normalized spacial score (nSPS) is 13.6. The summed E-state index contributed by atoms with van der Waals surface area (Å²) in [5.74, 6) is -1.10. The number of carbonyl (C=O) groups excluding carboxylic acids is 2. The van der Waals surface area contributed by atoms with E-state index in [9.17, 15) is 9.59 Å².